The Bertz CT molecular complexity index is 1490. The second kappa shape index (κ2) is 8.63. The number of nitrogens with zero attached hydrogens (tertiary/aromatic N) is 4. The van der Waals surface area contributed by atoms with Gasteiger partial charge in [-0.05, 0) is 60.9 Å². The molecule has 0 spiro atoms. The molecule has 0 radical (unpaired) electrons. The number of fused-ring (bicyclic) bond motifs is 1. The Kier molecular flexibility index (Phi) is 5.43. The lowest BCUT2D eigenvalue weighted by Crippen LogP contribution is -2.36. The summed E-state index contributed by atoms with van der Waals surface area (Å²) in [6.45, 7) is 3.21. The van der Waals surface area contributed by atoms with Crippen molar-refractivity contribution in [3.05, 3.63) is 60.9 Å². The number of nitrogen functional groups attached to an aromatic ring is 1. The van der Waals surface area contributed by atoms with E-state index in [-0.39, 0.29) is 10.9 Å². The van der Waals surface area contributed by atoms with Gasteiger partial charge in [0.15, 0.2) is 0 Å². The topological polar surface area (TPSA) is 115 Å². The third-order valence-electron chi connectivity index (χ3n) is 6.42. The molecule has 0 atom stereocenters. The van der Waals surface area contributed by atoms with Gasteiger partial charge >= 0.3 is 0 Å². The Morgan fingerprint density at radius 2 is 1.69 bits per heavy atom. The maximum Gasteiger partial charge on any atom is 0.242 e. The number of ether oxygens (including phenoxy) is 1. The molecule has 1 aliphatic heterocycles. The lowest BCUT2D eigenvalue weighted by molar-refractivity contribution is 0.122. The number of benzene rings is 2. The van der Waals surface area contributed by atoms with Crippen LogP contribution in [0.2, 0.25) is 0 Å². The first kappa shape index (κ1) is 22.0. The number of hydrogen-bond donors (Lipinski definition) is 2. The van der Waals surface area contributed by atoms with Crippen LogP contribution in [-0.4, -0.2) is 55.3 Å². The minimum Gasteiger partial charge on any atom is -0.378 e. The molecule has 1 saturated carbocycles. The van der Waals surface area contributed by atoms with E-state index in [4.69, 9.17) is 10.5 Å². The minimum atomic E-state index is -3.59. The minimum absolute atomic E-state index is 0.0342. The van der Waals surface area contributed by atoms with Gasteiger partial charge in [-0.1, -0.05) is 6.07 Å². The van der Waals surface area contributed by atoms with E-state index in [1.54, 1.807) is 12.3 Å². The van der Waals surface area contributed by atoms with Gasteiger partial charge in [0.05, 0.1) is 24.2 Å². The van der Waals surface area contributed by atoms with E-state index in [9.17, 15) is 8.42 Å². The van der Waals surface area contributed by atoms with Crippen LogP contribution < -0.4 is 15.4 Å². The molecule has 1 aliphatic carbocycles. The van der Waals surface area contributed by atoms with E-state index in [0.29, 0.717) is 11.5 Å². The van der Waals surface area contributed by atoms with Crippen molar-refractivity contribution in [3.63, 3.8) is 0 Å². The van der Waals surface area contributed by atoms with Gasteiger partial charge < -0.3 is 15.4 Å². The summed E-state index contributed by atoms with van der Waals surface area (Å²) in [5.41, 5.74) is 11.5. The second-order valence-electron chi connectivity index (χ2n) is 8.93. The maximum atomic E-state index is 12.7. The van der Waals surface area contributed by atoms with Crippen molar-refractivity contribution in [1.82, 2.24) is 19.3 Å². The Morgan fingerprint density at radius 1 is 0.943 bits per heavy atom. The number of aromatic nitrogens is 3. The van der Waals surface area contributed by atoms with Gasteiger partial charge in [0, 0.05) is 48.5 Å². The number of sulfonamides is 1. The van der Waals surface area contributed by atoms with Crippen LogP contribution in [0.5, 0.6) is 0 Å². The number of morpholine rings is 1. The molecule has 0 unspecified atom stereocenters. The molecule has 2 fully saturated rings. The number of nitrogens with two attached hydrogens (primary N) is 1. The summed E-state index contributed by atoms with van der Waals surface area (Å²) >= 11 is 0. The third-order valence-corrected chi connectivity index (χ3v) is 7.91. The molecule has 0 amide bonds. The summed E-state index contributed by atoms with van der Waals surface area (Å²) in [6.07, 6.45) is 4.80. The molecule has 10 heteroatoms. The van der Waals surface area contributed by atoms with Crippen LogP contribution in [-0.2, 0) is 14.8 Å². The smallest absolute Gasteiger partial charge is 0.242 e. The van der Waals surface area contributed by atoms with Crippen LogP contribution in [0.1, 0.15) is 12.8 Å². The lowest BCUT2D eigenvalue weighted by atomic mass is 10.1. The van der Waals surface area contributed by atoms with E-state index in [2.05, 4.69) is 31.7 Å². The van der Waals surface area contributed by atoms with Crippen molar-refractivity contribution in [2.24, 2.45) is 0 Å². The standard InChI is InChI=1S/C25H26N6O3S/c26-25-28-23-8-1-17(18-13-22(16-27-15-18)35(32,33)29-19-2-3-19)14-24(23)31(25)21-6-4-20(5-7-21)30-9-11-34-12-10-30/h1,4-8,13-16,19,29H,2-3,9-12H2,(H2,26,28). The Balaban J connectivity index is 1.35. The highest BCUT2D eigenvalue weighted by atomic mass is 32.2. The van der Waals surface area contributed by atoms with E-state index < -0.39 is 10.0 Å². The number of pyridine rings is 1. The van der Waals surface area contributed by atoms with Crippen molar-refractivity contribution in [2.45, 2.75) is 23.8 Å². The fourth-order valence-corrected chi connectivity index (χ4v) is 5.68. The van der Waals surface area contributed by atoms with Gasteiger partial charge in [0.1, 0.15) is 4.90 Å². The van der Waals surface area contributed by atoms with Crippen molar-refractivity contribution in [1.29, 1.82) is 0 Å². The molecular formula is C25H26N6O3S. The summed E-state index contributed by atoms with van der Waals surface area (Å²) in [6, 6.07) is 15.7. The summed E-state index contributed by atoms with van der Waals surface area (Å²) in [4.78, 5) is 11.2. The number of rotatable bonds is 6. The Morgan fingerprint density at radius 3 is 2.43 bits per heavy atom. The molecule has 2 aliphatic rings. The van der Waals surface area contributed by atoms with Gasteiger partial charge in [-0.3, -0.25) is 9.55 Å². The summed E-state index contributed by atoms with van der Waals surface area (Å²) < 4.78 is 35.4. The quantitative estimate of drug-likeness (QED) is 0.427. The van der Waals surface area contributed by atoms with Crippen molar-refractivity contribution in [2.75, 3.05) is 36.9 Å². The van der Waals surface area contributed by atoms with Crippen LogP contribution >= 0.6 is 0 Å². The predicted molar refractivity (Wildman–Crippen MR) is 135 cm³/mol. The van der Waals surface area contributed by atoms with E-state index >= 15 is 0 Å². The fourth-order valence-electron chi connectivity index (χ4n) is 4.39. The average molecular weight is 491 g/mol. The van der Waals surface area contributed by atoms with Gasteiger partial charge in [-0.25, -0.2) is 18.1 Å². The summed E-state index contributed by atoms with van der Waals surface area (Å²) in [5.74, 6) is 0.388. The molecule has 6 rings (SSSR count). The third kappa shape index (κ3) is 4.36. The van der Waals surface area contributed by atoms with Gasteiger partial charge in [-0.15, -0.1) is 0 Å². The largest absolute Gasteiger partial charge is 0.378 e. The highest BCUT2D eigenvalue weighted by Crippen LogP contribution is 2.30. The molecule has 2 aromatic heterocycles. The Labute approximate surface area is 203 Å². The zero-order valence-corrected chi connectivity index (χ0v) is 19.9. The molecule has 9 nitrogen and oxygen atoms in total. The van der Waals surface area contributed by atoms with Gasteiger partial charge in [-0.2, -0.15) is 0 Å². The predicted octanol–water partition coefficient (Wildman–Crippen LogP) is 2.95. The van der Waals surface area contributed by atoms with Crippen LogP contribution in [0.4, 0.5) is 11.6 Å². The van der Waals surface area contributed by atoms with Crippen LogP contribution in [0.15, 0.2) is 65.8 Å². The van der Waals surface area contributed by atoms with Crippen molar-refractivity contribution >= 4 is 32.7 Å². The fraction of sp³-hybridized carbons (Fsp3) is 0.280. The van der Waals surface area contributed by atoms with Gasteiger partial charge in [0.2, 0.25) is 16.0 Å². The first-order valence-electron chi connectivity index (χ1n) is 11.7. The molecule has 4 aromatic rings. The molecule has 1 saturated heterocycles. The van der Waals surface area contributed by atoms with Gasteiger partial charge in [0.25, 0.3) is 0 Å². The molecule has 35 heavy (non-hydrogen) atoms. The molecule has 3 heterocycles. The maximum absolute atomic E-state index is 12.7. The number of imidazole rings is 1. The molecule has 0 bridgehead atoms. The first-order chi connectivity index (χ1) is 17.0. The van der Waals surface area contributed by atoms with Crippen molar-refractivity contribution < 1.29 is 13.2 Å². The van der Waals surface area contributed by atoms with E-state index in [1.165, 1.54) is 6.20 Å². The van der Waals surface area contributed by atoms with E-state index in [0.717, 1.165) is 67.1 Å². The molecule has 180 valence electrons. The van der Waals surface area contributed by atoms with Crippen LogP contribution in [0, 0.1) is 0 Å². The highest BCUT2D eigenvalue weighted by Gasteiger charge is 2.28. The monoisotopic (exact) mass is 490 g/mol. The normalized spacial score (nSPS) is 16.6. The van der Waals surface area contributed by atoms with Crippen molar-refractivity contribution in [3.8, 4) is 16.8 Å². The van der Waals surface area contributed by atoms with Crippen LogP contribution in [0.25, 0.3) is 27.8 Å². The summed E-state index contributed by atoms with van der Waals surface area (Å²) in [5, 5.41) is 0. The lowest BCUT2D eigenvalue weighted by Gasteiger charge is -2.29. The van der Waals surface area contributed by atoms with Crippen LogP contribution in [0.3, 0.4) is 0 Å². The Hall–Kier alpha value is -3.47. The zero-order valence-electron chi connectivity index (χ0n) is 19.1. The number of anilines is 2. The highest BCUT2D eigenvalue weighted by molar-refractivity contribution is 7.89. The number of hydrogen-bond acceptors (Lipinski definition) is 7. The van der Waals surface area contributed by atoms with E-state index in [1.807, 2.05) is 34.9 Å². The number of nitrogens with one attached hydrogen (secondary N) is 1. The molecule has 2 aromatic carbocycles. The first-order valence-corrected chi connectivity index (χ1v) is 13.2. The SMILES string of the molecule is Nc1nc2ccc(-c3cncc(S(=O)(=O)NC4CC4)c3)cc2n1-c1ccc(N2CCOCC2)cc1. The molecular weight excluding hydrogens is 464 g/mol. The second-order valence-corrected chi connectivity index (χ2v) is 10.6. The zero-order chi connectivity index (χ0) is 24.0. The summed E-state index contributed by atoms with van der Waals surface area (Å²) in [7, 11) is -3.59. The molecule has 3 N–H and O–H groups in total. The average Bonchev–Trinajstić information content (AvgIpc) is 3.63.